The van der Waals surface area contributed by atoms with E-state index in [0.29, 0.717) is 13.1 Å². The first-order valence-electron chi connectivity index (χ1n) is 6.44. The number of amides is 1. The maximum absolute atomic E-state index is 12.0. The summed E-state index contributed by atoms with van der Waals surface area (Å²) in [4.78, 5) is 14.1. The molecule has 0 saturated carbocycles. The molecular weight excluding hydrogens is 214 g/mol. The van der Waals surface area contributed by atoms with Crippen molar-refractivity contribution >= 4 is 5.91 Å². The second-order valence-electron chi connectivity index (χ2n) is 5.82. The van der Waals surface area contributed by atoms with Crippen molar-refractivity contribution < 1.29 is 4.79 Å². The number of hydrogen-bond acceptors (Lipinski definition) is 3. The van der Waals surface area contributed by atoms with Gasteiger partial charge in [-0.2, -0.15) is 0 Å². The zero-order chi connectivity index (χ0) is 13.7. The Balaban J connectivity index is 4.45. The molecule has 3 N–H and O–H groups in total. The summed E-state index contributed by atoms with van der Waals surface area (Å²) in [7, 11) is 0. The van der Waals surface area contributed by atoms with Gasteiger partial charge in [-0.05, 0) is 40.7 Å². The SMILES string of the molecule is CCN(CC(=O)NC(C)(C)CC)C(C)(C)CN. The topological polar surface area (TPSA) is 58.4 Å². The standard InChI is InChI=1S/C13H29N3O/c1-7-12(3,4)15-11(17)9-16(8-2)13(5,6)10-14/h7-10,14H2,1-6H3,(H,15,17). The first-order valence-corrected chi connectivity index (χ1v) is 6.44. The van der Waals surface area contributed by atoms with E-state index in [9.17, 15) is 4.79 Å². The van der Waals surface area contributed by atoms with Gasteiger partial charge in [0, 0.05) is 17.6 Å². The molecule has 4 nitrogen and oxygen atoms in total. The number of carbonyl (C=O) groups excluding carboxylic acids is 1. The Bertz CT molecular complexity index is 249. The van der Waals surface area contributed by atoms with E-state index in [0.717, 1.165) is 13.0 Å². The molecule has 0 aromatic carbocycles. The van der Waals surface area contributed by atoms with Crippen molar-refractivity contribution in [1.82, 2.24) is 10.2 Å². The second kappa shape index (κ2) is 6.36. The van der Waals surface area contributed by atoms with Crippen LogP contribution in [0.2, 0.25) is 0 Å². The van der Waals surface area contributed by atoms with E-state index in [1.165, 1.54) is 0 Å². The van der Waals surface area contributed by atoms with Crippen molar-refractivity contribution in [2.75, 3.05) is 19.6 Å². The Morgan fingerprint density at radius 3 is 2.12 bits per heavy atom. The molecule has 17 heavy (non-hydrogen) atoms. The normalized spacial score (nSPS) is 12.9. The fourth-order valence-corrected chi connectivity index (χ4v) is 1.56. The predicted molar refractivity (Wildman–Crippen MR) is 72.9 cm³/mol. The van der Waals surface area contributed by atoms with Crippen LogP contribution in [0.15, 0.2) is 0 Å². The zero-order valence-electron chi connectivity index (χ0n) is 12.3. The average Bonchev–Trinajstić information content (AvgIpc) is 2.25. The Kier molecular flexibility index (Phi) is 6.13. The third kappa shape index (κ3) is 5.50. The summed E-state index contributed by atoms with van der Waals surface area (Å²) in [6.07, 6.45) is 0.922. The highest BCUT2D eigenvalue weighted by Crippen LogP contribution is 2.12. The lowest BCUT2D eigenvalue weighted by Crippen LogP contribution is -2.54. The van der Waals surface area contributed by atoms with Crippen LogP contribution in [0.1, 0.15) is 48.0 Å². The fourth-order valence-electron chi connectivity index (χ4n) is 1.56. The van der Waals surface area contributed by atoms with Gasteiger partial charge in [0.2, 0.25) is 5.91 Å². The number of carbonyl (C=O) groups is 1. The molecule has 0 atom stereocenters. The number of rotatable bonds is 7. The Morgan fingerprint density at radius 2 is 1.76 bits per heavy atom. The Labute approximate surface area is 106 Å². The molecule has 0 unspecified atom stereocenters. The van der Waals surface area contributed by atoms with Gasteiger partial charge in [0.1, 0.15) is 0 Å². The van der Waals surface area contributed by atoms with Gasteiger partial charge in [0.05, 0.1) is 6.54 Å². The summed E-state index contributed by atoms with van der Waals surface area (Å²) in [5.74, 6) is 0.0697. The van der Waals surface area contributed by atoms with Gasteiger partial charge >= 0.3 is 0 Å². The quantitative estimate of drug-likeness (QED) is 0.709. The van der Waals surface area contributed by atoms with Crippen LogP contribution in [-0.4, -0.2) is 41.5 Å². The zero-order valence-corrected chi connectivity index (χ0v) is 12.3. The molecule has 0 spiro atoms. The molecular formula is C13H29N3O. The lowest BCUT2D eigenvalue weighted by Gasteiger charge is -2.37. The molecule has 0 aliphatic heterocycles. The van der Waals surface area contributed by atoms with Crippen LogP contribution in [-0.2, 0) is 4.79 Å². The van der Waals surface area contributed by atoms with E-state index in [2.05, 4.69) is 37.9 Å². The van der Waals surface area contributed by atoms with Crippen LogP contribution in [0.3, 0.4) is 0 Å². The molecule has 0 aromatic rings. The summed E-state index contributed by atoms with van der Waals surface area (Å²) in [6, 6.07) is 0. The Hall–Kier alpha value is -0.610. The third-order valence-electron chi connectivity index (χ3n) is 3.43. The largest absolute Gasteiger partial charge is 0.350 e. The summed E-state index contributed by atoms with van der Waals surface area (Å²) in [5, 5.41) is 3.05. The van der Waals surface area contributed by atoms with Gasteiger partial charge in [-0.15, -0.1) is 0 Å². The minimum Gasteiger partial charge on any atom is -0.350 e. The van der Waals surface area contributed by atoms with Crippen molar-refractivity contribution in [2.45, 2.75) is 59.0 Å². The highest BCUT2D eigenvalue weighted by atomic mass is 16.2. The monoisotopic (exact) mass is 243 g/mol. The predicted octanol–water partition coefficient (Wildman–Crippen LogP) is 1.35. The van der Waals surface area contributed by atoms with E-state index < -0.39 is 0 Å². The number of hydrogen-bond donors (Lipinski definition) is 2. The van der Waals surface area contributed by atoms with Gasteiger partial charge in [0.25, 0.3) is 0 Å². The number of nitrogens with one attached hydrogen (secondary N) is 1. The van der Waals surface area contributed by atoms with Crippen LogP contribution in [0.25, 0.3) is 0 Å². The van der Waals surface area contributed by atoms with Gasteiger partial charge < -0.3 is 11.1 Å². The van der Waals surface area contributed by atoms with E-state index in [1.807, 2.05) is 13.8 Å². The third-order valence-corrected chi connectivity index (χ3v) is 3.43. The molecule has 0 saturated heterocycles. The fraction of sp³-hybridized carbons (Fsp3) is 0.923. The summed E-state index contributed by atoms with van der Waals surface area (Å²) in [5.41, 5.74) is 5.47. The lowest BCUT2D eigenvalue weighted by atomic mass is 10.0. The van der Waals surface area contributed by atoms with Crippen LogP contribution in [0.5, 0.6) is 0 Å². The Morgan fingerprint density at radius 1 is 1.24 bits per heavy atom. The molecule has 0 heterocycles. The molecule has 102 valence electrons. The first-order chi connectivity index (χ1) is 7.68. The molecule has 0 aromatic heterocycles. The maximum atomic E-state index is 12.0. The van der Waals surface area contributed by atoms with E-state index in [-0.39, 0.29) is 17.0 Å². The molecule has 0 aliphatic rings. The molecule has 1 amide bonds. The molecule has 0 aliphatic carbocycles. The van der Waals surface area contributed by atoms with Crippen LogP contribution in [0.4, 0.5) is 0 Å². The summed E-state index contributed by atoms with van der Waals surface area (Å²) in [6.45, 7) is 14.1. The van der Waals surface area contributed by atoms with Gasteiger partial charge in [-0.25, -0.2) is 0 Å². The number of nitrogens with zero attached hydrogens (tertiary/aromatic N) is 1. The van der Waals surface area contributed by atoms with E-state index in [1.54, 1.807) is 0 Å². The highest BCUT2D eigenvalue weighted by Gasteiger charge is 2.27. The van der Waals surface area contributed by atoms with E-state index in [4.69, 9.17) is 5.73 Å². The van der Waals surface area contributed by atoms with Crippen molar-refractivity contribution in [3.05, 3.63) is 0 Å². The van der Waals surface area contributed by atoms with Crippen molar-refractivity contribution in [3.8, 4) is 0 Å². The maximum Gasteiger partial charge on any atom is 0.234 e. The number of nitrogens with two attached hydrogens (primary N) is 1. The van der Waals surface area contributed by atoms with Gasteiger partial charge in [-0.1, -0.05) is 13.8 Å². The second-order valence-corrected chi connectivity index (χ2v) is 5.82. The molecule has 0 radical (unpaired) electrons. The molecule has 0 rings (SSSR count). The summed E-state index contributed by atoms with van der Waals surface area (Å²) < 4.78 is 0. The minimum atomic E-state index is -0.136. The van der Waals surface area contributed by atoms with E-state index >= 15 is 0 Å². The number of likely N-dealkylation sites (N-methyl/N-ethyl adjacent to an activating group) is 1. The van der Waals surface area contributed by atoms with Gasteiger partial charge in [-0.3, -0.25) is 9.69 Å². The van der Waals surface area contributed by atoms with Crippen LogP contribution in [0, 0.1) is 0 Å². The minimum absolute atomic E-state index is 0.0697. The molecule has 0 fully saturated rings. The van der Waals surface area contributed by atoms with Crippen molar-refractivity contribution in [3.63, 3.8) is 0 Å². The molecule has 4 heteroatoms. The highest BCUT2D eigenvalue weighted by molar-refractivity contribution is 5.78. The van der Waals surface area contributed by atoms with Gasteiger partial charge in [0.15, 0.2) is 0 Å². The van der Waals surface area contributed by atoms with Crippen molar-refractivity contribution in [2.24, 2.45) is 5.73 Å². The molecule has 0 bridgehead atoms. The van der Waals surface area contributed by atoms with Crippen molar-refractivity contribution in [1.29, 1.82) is 0 Å². The average molecular weight is 243 g/mol. The van der Waals surface area contributed by atoms with Crippen LogP contribution >= 0.6 is 0 Å². The lowest BCUT2D eigenvalue weighted by molar-refractivity contribution is -0.125. The van der Waals surface area contributed by atoms with Crippen LogP contribution < -0.4 is 11.1 Å². The summed E-state index contributed by atoms with van der Waals surface area (Å²) >= 11 is 0. The smallest absolute Gasteiger partial charge is 0.234 e. The first kappa shape index (κ1) is 16.4.